The molecule has 2 rings (SSSR count). The number of phenols is 2. The summed E-state index contributed by atoms with van der Waals surface area (Å²) in [5.41, 5.74) is 2.94. The van der Waals surface area contributed by atoms with E-state index in [1.165, 1.54) is 12.1 Å². The van der Waals surface area contributed by atoms with Gasteiger partial charge in [-0.1, -0.05) is 6.07 Å². The van der Waals surface area contributed by atoms with Crippen LogP contribution in [0.2, 0.25) is 0 Å². The molecule has 0 heterocycles. The van der Waals surface area contributed by atoms with Gasteiger partial charge in [0.05, 0.1) is 0 Å². The zero-order valence-electron chi connectivity index (χ0n) is 12.0. The van der Waals surface area contributed by atoms with E-state index in [-0.39, 0.29) is 17.4 Å². The number of amides is 1. The van der Waals surface area contributed by atoms with Crippen LogP contribution in [0.4, 0.5) is 5.69 Å². The first-order valence-corrected chi connectivity index (χ1v) is 6.59. The lowest BCUT2D eigenvalue weighted by molar-refractivity contribution is 0.0962. The van der Waals surface area contributed by atoms with E-state index in [1.54, 1.807) is 25.2 Å². The number of rotatable bonds is 4. The van der Waals surface area contributed by atoms with Crippen LogP contribution in [0, 0.1) is 6.92 Å². The summed E-state index contributed by atoms with van der Waals surface area (Å²) >= 11 is 0. The SMILES string of the molecule is CNC(=O)c1cccc(NCc2ccc(O)cc2O)c1C. The summed E-state index contributed by atoms with van der Waals surface area (Å²) in [7, 11) is 1.59. The number of carbonyl (C=O) groups excluding carboxylic acids is 1. The summed E-state index contributed by atoms with van der Waals surface area (Å²) in [4.78, 5) is 11.7. The van der Waals surface area contributed by atoms with Gasteiger partial charge in [0, 0.05) is 36.5 Å². The molecule has 2 aromatic rings. The largest absolute Gasteiger partial charge is 0.508 e. The van der Waals surface area contributed by atoms with Crippen molar-refractivity contribution < 1.29 is 15.0 Å². The second-order valence-electron chi connectivity index (χ2n) is 4.72. The van der Waals surface area contributed by atoms with Gasteiger partial charge in [-0.25, -0.2) is 0 Å². The van der Waals surface area contributed by atoms with E-state index in [2.05, 4.69) is 10.6 Å². The Hall–Kier alpha value is -2.69. The van der Waals surface area contributed by atoms with Crippen molar-refractivity contribution in [3.8, 4) is 11.5 Å². The number of nitrogens with one attached hydrogen (secondary N) is 2. The average molecular weight is 286 g/mol. The van der Waals surface area contributed by atoms with Gasteiger partial charge in [-0.3, -0.25) is 4.79 Å². The van der Waals surface area contributed by atoms with Crippen LogP contribution >= 0.6 is 0 Å². The summed E-state index contributed by atoms with van der Waals surface area (Å²) < 4.78 is 0. The summed E-state index contributed by atoms with van der Waals surface area (Å²) in [5.74, 6) is -0.0831. The Kier molecular flexibility index (Phi) is 4.33. The van der Waals surface area contributed by atoms with Gasteiger partial charge in [-0.2, -0.15) is 0 Å². The van der Waals surface area contributed by atoms with E-state index in [4.69, 9.17) is 0 Å². The minimum Gasteiger partial charge on any atom is -0.508 e. The average Bonchev–Trinajstić information content (AvgIpc) is 2.47. The van der Waals surface area contributed by atoms with Crippen molar-refractivity contribution in [3.63, 3.8) is 0 Å². The number of benzene rings is 2. The maximum atomic E-state index is 11.7. The van der Waals surface area contributed by atoms with Crippen molar-refractivity contribution >= 4 is 11.6 Å². The predicted molar refractivity (Wildman–Crippen MR) is 81.7 cm³/mol. The predicted octanol–water partition coefficient (Wildman–Crippen LogP) is 2.38. The van der Waals surface area contributed by atoms with Crippen molar-refractivity contribution in [3.05, 3.63) is 53.1 Å². The van der Waals surface area contributed by atoms with E-state index >= 15 is 0 Å². The summed E-state index contributed by atoms with van der Waals surface area (Å²) in [6.07, 6.45) is 0. The maximum absolute atomic E-state index is 11.7. The molecular formula is C16H18N2O3. The highest BCUT2D eigenvalue weighted by atomic mass is 16.3. The van der Waals surface area contributed by atoms with Crippen LogP contribution in [0.3, 0.4) is 0 Å². The highest BCUT2D eigenvalue weighted by molar-refractivity contribution is 5.96. The molecule has 0 radical (unpaired) electrons. The maximum Gasteiger partial charge on any atom is 0.251 e. The van der Waals surface area contributed by atoms with Crippen LogP contribution in [0.5, 0.6) is 11.5 Å². The van der Waals surface area contributed by atoms with Gasteiger partial charge in [0.1, 0.15) is 11.5 Å². The first-order valence-electron chi connectivity index (χ1n) is 6.59. The zero-order valence-corrected chi connectivity index (χ0v) is 12.0. The van der Waals surface area contributed by atoms with Crippen LogP contribution in [-0.4, -0.2) is 23.2 Å². The van der Waals surface area contributed by atoms with Gasteiger partial charge in [-0.05, 0) is 36.8 Å². The standard InChI is InChI=1S/C16H18N2O3/c1-10-13(16(21)17-2)4-3-5-14(10)18-9-11-6-7-12(19)8-15(11)20/h3-8,18-20H,9H2,1-2H3,(H,17,21). The van der Waals surface area contributed by atoms with E-state index < -0.39 is 0 Å². The second-order valence-corrected chi connectivity index (χ2v) is 4.72. The first-order chi connectivity index (χ1) is 10.0. The molecule has 0 aliphatic carbocycles. The first kappa shape index (κ1) is 14.7. The smallest absolute Gasteiger partial charge is 0.251 e. The molecule has 5 nitrogen and oxygen atoms in total. The van der Waals surface area contributed by atoms with Crippen molar-refractivity contribution in [1.29, 1.82) is 0 Å². The molecule has 1 amide bonds. The Morgan fingerprint density at radius 3 is 2.62 bits per heavy atom. The van der Waals surface area contributed by atoms with E-state index in [1.807, 2.05) is 13.0 Å². The van der Waals surface area contributed by atoms with Crippen molar-refractivity contribution in [2.75, 3.05) is 12.4 Å². The molecule has 0 fully saturated rings. The third kappa shape index (κ3) is 3.25. The molecule has 21 heavy (non-hydrogen) atoms. The molecule has 0 aliphatic heterocycles. The lowest BCUT2D eigenvalue weighted by Gasteiger charge is -2.13. The molecule has 110 valence electrons. The number of anilines is 1. The number of carbonyl (C=O) groups is 1. The van der Waals surface area contributed by atoms with Gasteiger partial charge in [-0.15, -0.1) is 0 Å². The second kappa shape index (κ2) is 6.17. The summed E-state index contributed by atoms with van der Waals surface area (Å²) in [5, 5.41) is 24.8. The molecule has 0 bridgehead atoms. The Bertz CT molecular complexity index is 669. The lowest BCUT2D eigenvalue weighted by atomic mass is 10.1. The Morgan fingerprint density at radius 2 is 1.95 bits per heavy atom. The molecule has 0 saturated carbocycles. The summed E-state index contributed by atoms with van der Waals surface area (Å²) in [6, 6.07) is 9.90. The fourth-order valence-electron chi connectivity index (χ4n) is 2.10. The molecular weight excluding hydrogens is 268 g/mol. The van der Waals surface area contributed by atoms with E-state index in [9.17, 15) is 15.0 Å². The molecule has 0 saturated heterocycles. The molecule has 5 heteroatoms. The Morgan fingerprint density at radius 1 is 1.19 bits per heavy atom. The van der Waals surface area contributed by atoms with E-state index in [0.717, 1.165) is 11.3 Å². The fourth-order valence-corrected chi connectivity index (χ4v) is 2.10. The molecule has 0 unspecified atom stereocenters. The number of aromatic hydroxyl groups is 2. The normalized spacial score (nSPS) is 10.2. The third-order valence-electron chi connectivity index (χ3n) is 3.34. The fraction of sp³-hybridized carbons (Fsp3) is 0.188. The summed E-state index contributed by atoms with van der Waals surface area (Å²) in [6.45, 7) is 2.26. The van der Waals surface area contributed by atoms with Crippen LogP contribution in [0.15, 0.2) is 36.4 Å². The van der Waals surface area contributed by atoms with Crippen molar-refractivity contribution in [2.24, 2.45) is 0 Å². The minimum absolute atomic E-state index is 0.0223. The molecule has 0 aliphatic rings. The molecule has 4 N–H and O–H groups in total. The monoisotopic (exact) mass is 286 g/mol. The highest BCUT2D eigenvalue weighted by Gasteiger charge is 2.10. The molecule has 0 atom stereocenters. The molecule has 0 aromatic heterocycles. The minimum atomic E-state index is -0.136. The lowest BCUT2D eigenvalue weighted by Crippen LogP contribution is -2.19. The van der Waals surface area contributed by atoms with Gasteiger partial charge in [0.25, 0.3) is 5.91 Å². The number of phenolic OH excluding ortho intramolecular Hbond substituents is 2. The Balaban J connectivity index is 2.18. The van der Waals surface area contributed by atoms with Crippen LogP contribution in [0.1, 0.15) is 21.5 Å². The number of hydrogen-bond acceptors (Lipinski definition) is 4. The topological polar surface area (TPSA) is 81.6 Å². The Labute approximate surface area is 123 Å². The van der Waals surface area contributed by atoms with Crippen molar-refractivity contribution in [1.82, 2.24) is 5.32 Å². The van der Waals surface area contributed by atoms with Gasteiger partial charge in [0.15, 0.2) is 0 Å². The zero-order chi connectivity index (χ0) is 15.4. The number of hydrogen-bond donors (Lipinski definition) is 4. The van der Waals surface area contributed by atoms with Gasteiger partial charge >= 0.3 is 0 Å². The van der Waals surface area contributed by atoms with Crippen LogP contribution < -0.4 is 10.6 Å². The van der Waals surface area contributed by atoms with Gasteiger partial charge < -0.3 is 20.8 Å². The van der Waals surface area contributed by atoms with E-state index in [0.29, 0.717) is 17.7 Å². The molecule has 0 spiro atoms. The van der Waals surface area contributed by atoms with Crippen LogP contribution in [-0.2, 0) is 6.54 Å². The highest BCUT2D eigenvalue weighted by Crippen LogP contribution is 2.25. The molecule has 2 aromatic carbocycles. The van der Waals surface area contributed by atoms with Crippen LogP contribution in [0.25, 0.3) is 0 Å². The quantitative estimate of drug-likeness (QED) is 0.695. The van der Waals surface area contributed by atoms with Crippen molar-refractivity contribution in [2.45, 2.75) is 13.5 Å². The van der Waals surface area contributed by atoms with Gasteiger partial charge in [0.2, 0.25) is 0 Å². The third-order valence-corrected chi connectivity index (χ3v) is 3.34.